The standard InChI is InChI=1S/C10H13N/c1-2-3-6-9-7-4-5-8-10(9)11/h2-10H,1,11H2/b6-3-. The molecule has 0 aromatic rings. The first-order valence-electron chi connectivity index (χ1n) is 3.74. The van der Waals surface area contributed by atoms with Crippen LogP contribution in [0.1, 0.15) is 0 Å². The van der Waals surface area contributed by atoms with E-state index in [0.29, 0.717) is 5.92 Å². The van der Waals surface area contributed by atoms with Crippen LogP contribution in [0, 0.1) is 5.92 Å². The Balaban J connectivity index is 2.58. The molecule has 0 aromatic heterocycles. The first-order valence-corrected chi connectivity index (χ1v) is 3.74. The normalized spacial score (nSPS) is 29.5. The maximum Gasteiger partial charge on any atom is 0.0326 e. The minimum absolute atomic E-state index is 0.121. The Hall–Kier alpha value is -1.08. The summed E-state index contributed by atoms with van der Waals surface area (Å²) in [6.07, 6.45) is 13.8. The minimum atomic E-state index is 0.121. The van der Waals surface area contributed by atoms with Crippen LogP contribution < -0.4 is 5.73 Å². The molecular weight excluding hydrogens is 134 g/mol. The van der Waals surface area contributed by atoms with Gasteiger partial charge in [0.25, 0.3) is 0 Å². The molecular formula is C10H13N. The van der Waals surface area contributed by atoms with Gasteiger partial charge in [0.2, 0.25) is 0 Å². The van der Waals surface area contributed by atoms with Gasteiger partial charge in [-0.15, -0.1) is 0 Å². The molecule has 0 aromatic carbocycles. The van der Waals surface area contributed by atoms with Crippen molar-refractivity contribution < 1.29 is 0 Å². The van der Waals surface area contributed by atoms with Crippen LogP contribution in [0.25, 0.3) is 0 Å². The second kappa shape index (κ2) is 3.94. The quantitative estimate of drug-likeness (QED) is 0.592. The van der Waals surface area contributed by atoms with Crippen molar-refractivity contribution in [1.29, 1.82) is 0 Å². The van der Waals surface area contributed by atoms with E-state index < -0.39 is 0 Å². The van der Waals surface area contributed by atoms with E-state index >= 15 is 0 Å². The molecule has 0 aliphatic heterocycles. The lowest BCUT2D eigenvalue weighted by Gasteiger charge is -2.15. The summed E-state index contributed by atoms with van der Waals surface area (Å²) in [6.45, 7) is 3.60. The summed E-state index contributed by atoms with van der Waals surface area (Å²) < 4.78 is 0. The molecule has 1 aliphatic carbocycles. The Morgan fingerprint density at radius 2 is 2.00 bits per heavy atom. The van der Waals surface area contributed by atoms with Crippen LogP contribution in [0.4, 0.5) is 0 Å². The van der Waals surface area contributed by atoms with Crippen molar-refractivity contribution in [3.05, 3.63) is 49.1 Å². The highest BCUT2D eigenvalue weighted by molar-refractivity contribution is 5.21. The fraction of sp³-hybridized carbons (Fsp3) is 0.200. The summed E-state index contributed by atoms with van der Waals surface area (Å²) in [7, 11) is 0. The molecule has 1 heteroatoms. The largest absolute Gasteiger partial charge is 0.324 e. The molecule has 0 fully saturated rings. The summed E-state index contributed by atoms with van der Waals surface area (Å²) in [5.41, 5.74) is 5.80. The van der Waals surface area contributed by atoms with Gasteiger partial charge in [-0.1, -0.05) is 49.1 Å². The molecule has 11 heavy (non-hydrogen) atoms. The average molecular weight is 147 g/mol. The first kappa shape index (κ1) is 8.02. The Labute approximate surface area is 67.6 Å². The third-order valence-electron chi connectivity index (χ3n) is 1.69. The van der Waals surface area contributed by atoms with Crippen molar-refractivity contribution in [3.8, 4) is 0 Å². The van der Waals surface area contributed by atoms with E-state index in [1.807, 2.05) is 24.3 Å². The highest BCUT2D eigenvalue weighted by Gasteiger charge is 2.09. The minimum Gasteiger partial charge on any atom is -0.324 e. The molecule has 0 spiro atoms. The molecule has 2 atom stereocenters. The molecule has 1 nitrogen and oxygen atoms in total. The maximum absolute atomic E-state index is 5.80. The molecule has 2 unspecified atom stereocenters. The van der Waals surface area contributed by atoms with Gasteiger partial charge in [0, 0.05) is 12.0 Å². The number of rotatable bonds is 2. The van der Waals surface area contributed by atoms with E-state index in [2.05, 4.69) is 18.7 Å². The zero-order chi connectivity index (χ0) is 8.10. The van der Waals surface area contributed by atoms with Crippen LogP contribution in [0.15, 0.2) is 49.1 Å². The van der Waals surface area contributed by atoms with E-state index in [0.717, 1.165) is 0 Å². The molecule has 0 heterocycles. The van der Waals surface area contributed by atoms with Crippen LogP contribution in [0.3, 0.4) is 0 Å². The Kier molecular flexibility index (Phi) is 2.87. The number of hydrogen-bond acceptors (Lipinski definition) is 1. The van der Waals surface area contributed by atoms with Gasteiger partial charge in [-0.25, -0.2) is 0 Å². The monoisotopic (exact) mass is 147 g/mol. The molecule has 0 bridgehead atoms. The molecule has 1 aliphatic rings. The van der Waals surface area contributed by atoms with Crippen LogP contribution >= 0.6 is 0 Å². The predicted molar refractivity (Wildman–Crippen MR) is 49.1 cm³/mol. The summed E-state index contributed by atoms with van der Waals surface area (Å²) >= 11 is 0. The van der Waals surface area contributed by atoms with E-state index in [4.69, 9.17) is 5.73 Å². The fourth-order valence-electron chi connectivity index (χ4n) is 1.04. The maximum atomic E-state index is 5.80. The van der Waals surface area contributed by atoms with Gasteiger partial charge >= 0.3 is 0 Å². The summed E-state index contributed by atoms with van der Waals surface area (Å²) in [6, 6.07) is 0.121. The molecule has 0 amide bonds. The zero-order valence-corrected chi connectivity index (χ0v) is 6.48. The smallest absolute Gasteiger partial charge is 0.0326 e. The van der Waals surface area contributed by atoms with Gasteiger partial charge in [0.1, 0.15) is 0 Å². The summed E-state index contributed by atoms with van der Waals surface area (Å²) in [5, 5.41) is 0. The van der Waals surface area contributed by atoms with Gasteiger partial charge in [-0.05, 0) is 0 Å². The van der Waals surface area contributed by atoms with Gasteiger partial charge in [0.15, 0.2) is 0 Å². The lowest BCUT2D eigenvalue weighted by molar-refractivity contribution is 0.684. The van der Waals surface area contributed by atoms with Crippen molar-refractivity contribution in [2.75, 3.05) is 0 Å². The fourth-order valence-corrected chi connectivity index (χ4v) is 1.04. The van der Waals surface area contributed by atoms with Gasteiger partial charge in [-0.2, -0.15) is 0 Å². The summed E-state index contributed by atoms with van der Waals surface area (Å²) in [4.78, 5) is 0. The Morgan fingerprint density at radius 3 is 2.64 bits per heavy atom. The highest BCUT2D eigenvalue weighted by Crippen LogP contribution is 2.11. The lowest BCUT2D eigenvalue weighted by Crippen LogP contribution is -2.26. The van der Waals surface area contributed by atoms with Crippen LogP contribution in [0.2, 0.25) is 0 Å². The van der Waals surface area contributed by atoms with Crippen LogP contribution in [-0.2, 0) is 0 Å². The van der Waals surface area contributed by atoms with Crippen molar-refractivity contribution in [2.45, 2.75) is 6.04 Å². The first-order chi connectivity index (χ1) is 5.34. The van der Waals surface area contributed by atoms with Crippen LogP contribution in [0.5, 0.6) is 0 Å². The molecule has 2 N–H and O–H groups in total. The van der Waals surface area contributed by atoms with E-state index in [9.17, 15) is 0 Å². The number of hydrogen-bond donors (Lipinski definition) is 1. The average Bonchev–Trinajstić information content (AvgIpc) is 2.03. The van der Waals surface area contributed by atoms with Crippen molar-refractivity contribution >= 4 is 0 Å². The van der Waals surface area contributed by atoms with Crippen LogP contribution in [-0.4, -0.2) is 6.04 Å². The molecule has 0 saturated heterocycles. The topological polar surface area (TPSA) is 26.0 Å². The van der Waals surface area contributed by atoms with Gasteiger partial charge in [0.05, 0.1) is 0 Å². The van der Waals surface area contributed by atoms with Crippen molar-refractivity contribution in [3.63, 3.8) is 0 Å². The highest BCUT2D eigenvalue weighted by atomic mass is 14.6. The SMILES string of the molecule is C=C/C=C\C1C=CC=CC1N. The van der Waals surface area contributed by atoms with Gasteiger partial charge < -0.3 is 5.73 Å². The zero-order valence-electron chi connectivity index (χ0n) is 6.48. The van der Waals surface area contributed by atoms with Gasteiger partial charge in [-0.3, -0.25) is 0 Å². The Bertz CT molecular complexity index is 211. The molecule has 0 radical (unpaired) electrons. The van der Waals surface area contributed by atoms with E-state index in [1.54, 1.807) is 6.08 Å². The predicted octanol–water partition coefficient (Wildman–Crippen LogP) is 1.80. The molecule has 58 valence electrons. The molecule has 0 saturated carbocycles. The Morgan fingerprint density at radius 1 is 1.27 bits per heavy atom. The van der Waals surface area contributed by atoms with Crippen molar-refractivity contribution in [2.24, 2.45) is 11.7 Å². The second-order valence-electron chi connectivity index (χ2n) is 2.55. The lowest BCUT2D eigenvalue weighted by atomic mass is 9.95. The number of nitrogens with two attached hydrogens (primary N) is 1. The van der Waals surface area contributed by atoms with E-state index in [1.165, 1.54) is 0 Å². The second-order valence-corrected chi connectivity index (χ2v) is 2.55. The van der Waals surface area contributed by atoms with E-state index in [-0.39, 0.29) is 6.04 Å². The number of allylic oxidation sites excluding steroid dienone is 4. The third kappa shape index (κ3) is 2.20. The third-order valence-corrected chi connectivity index (χ3v) is 1.69. The van der Waals surface area contributed by atoms with Crippen molar-refractivity contribution in [1.82, 2.24) is 0 Å². The molecule has 1 rings (SSSR count). The summed E-state index contributed by atoms with van der Waals surface area (Å²) in [5.74, 6) is 0.331.